The van der Waals surface area contributed by atoms with Gasteiger partial charge in [-0.05, 0) is 55.0 Å². The molecule has 0 amide bonds. The maximum Gasteiger partial charge on any atom is 0.101 e. The molecule has 0 radical (unpaired) electrons. The zero-order valence-corrected chi connectivity index (χ0v) is 14.3. The summed E-state index contributed by atoms with van der Waals surface area (Å²) < 4.78 is 0. The van der Waals surface area contributed by atoms with Crippen molar-refractivity contribution in [3.8, 4) is 6.07 Å². The van der Waals surface area contributed by atoms with Crippen molar-refractivity contribution in [3.05, 3.63) is 59.2 Å². The molecule has 2 aromatic carbocycles. The Kier molecular flexibility index (Phi) is 4.33. The first-order valence-corrected chi connectivity index (χ1v) is 9.03. The van der Waals surface area contributed by atoms with Gasteiger partial charge in [-0.25, -0.2) is 0 Å². The van der Waals surface area contributed by atoms with Crippen LogP contribution in [-0.2, 0) is 12.8 Å². The Morgan fingerprint density at radius 2 is 1.72 bits per heavy atom. The van der Waals surface area contributed by atoms with Crippen LogP contribution in [0.25, 0.3) is 0 Å². The SMILES string of the molecule is N#Cc1cc(NC2Cc3ccccc3C2)ccc1N1CCC(O)CC1. The Morgan fingerprint density at radius 3 is 2.36 bits per heavy atom. The van der Waals surface area contributed by atoms with Crippen molar-refractivity contribution in [3.63, 3.8) is 0 Å². The summed E-state index contributed by atoms with van der Waals surface area (Å²) in [5.41, 5.74) is 5.54. The van der Waals surface area contributed by atoms with E-state index in [1.54, 1.807) is 0 Å². The van der Waals surface area contributed by atoms with E-state index in [2.05, 4.69) is 46.6 Å². The Labute approximate surface area is 148 Å². The fourth-order valence-corrected chi connectivity index (χ4v) is 3.99. The van der Waals surface area contributed by atoms with Gasteiger partial charge in [-0.2, -0.15) is 5.26 Å². The quantitative estimate of drug-likeness (QED) is 0.906. The predicted molar refractivity (Wildman–Crippen MR) is 99.9 cm³/mol. The van der Waals surface area contributed by atoms with Crippen molar-refractivity contribution >= 4 is 11.4 Å². The molecule has 128 valence electrons. The monoisotopic (exact) mass is 333 g/mol. The minimum atomic E-state index is -0.202. The van der Waals surface area contributed by atoms with E-state index in [1.807, 2.05) is 12.1 Å². The molecule has 1 aliphatic carbocycles. The Hall–Kier alpha value is -2.51. The third-order valence-electron chi connectivity index (χ3n) is 5.34. The Balaban J connectivity index is 1.48. The largest absolute Gasteiger partial charge is 0.393 e. The highest BCUT2D eigenvalue weighted by Gasteiger charge is 2.22. The molecule has 25 heavy (non-hydrogen) atoms. The van der Waals surface area contributed by atoms with Crippen molar-refractivity contribution in [1.29, 1.82) is 5.26 Å². The Morgan fingerprint density at radius 1 is 1.04 bits per heavy atom. The average molecular weight is 333 g/mol. The Bertz CT molecular complexity index is 778. The molecule has 1 heterocycles. The van der Waals surface area contributed by atoms with E-state index < -0.39 is 0 Å². The van der Waals surface area contributed by atoms with E-state index in [1.165, 1.54) is 11.1 Å². The van der Waals surface area contributed by atoms with Crippen LogP contribution < -0.4 is 10.2 Å². The number of hydrogen-bond acceptors (Lipinski definition) is 4. The van der Waals surface area contributed by atoms with Gasteiger partial charge >= 0.3 is 0 Å². The maximum absolute atomic E-state index is 9.68. The summed E-state index contributed by atoms with van der Waals surface area (Å²) in [6, 6.07) is 17.4. The van der Waals surface area contributed by atoms with Crippen molar-refractivity contribution < 1.29 is 5.11 Å². The molecule has 0 bridgehead atoms. The lowest BCUT2D eigenvalue weighted by atomic mass is 10.0. The lowest BCUT2D eigenvalue weighted by Crippen LogP contribution is -2.36. The third-order valence-corrected chi connectivity index (χ3v) is 5.34. The van der Waals surface area contributed by atoms with E-state index in [0.717, 1.165) is 50.1 Å². The van der Waals surface area contributed by atoms with E-state index in [9.17, 15) is 10.4 Å². The number of aliphatic hydroxyl groups excluding tert-OH is 1. The van der Waals surface area contributed by atoms with E-state index in [-0.39, 0.29) is 6.10 Å². The lowest BCUT2D eigenvalue weighted by molar-refractivity contribution is 0.145. The molecule has 0 aromatic heterocycles. The van der Waals surface area contributed by atoms with Crippen LogP contribution in [0.2, 0.25) is 0 Å². The molecule has 2 aliphatic rings. The number of piperidine rings is 1. The molecule has 2 aromatic rings. The van der Waals surface area contributed by atoms with Crippen LogP contribution in [-0.4, -0.2) is 30.3 Å². The van der Waals surface area contributed by atoms with Gasteiger partial charge in [0.1, 0.15) is 6.07 Å². The number of anilines is 2. The first-order chi connectivity index (χ1) is 12.2. The van der Waals surface area contributed by atoms with E-state index in [0.29, 0.717) is 11.6 Å². The number of aliphatic hydroxyl groups is 1. The maximum atomic E-state index is 9.68. The van der Waals surface area contributed by atoms with Crippen molar-refractivity contribution in [2.75, 3.05) is 23.3 Å². The summed E-state index contributed by atoms with van der Waals surface area (Å²) in [6.07, 6.45) is 3.40. The number of nitriles is 1. The minimum Gasteiger partial charge on any atom is -0.393 e. The summed E-state index contributed by atoms with van der Waals surface area (Å²) in [5.74, 6) is 0. The molecule has 0 saturated carbocycles. The summed E-state index contributed by atoms with van der Waals surface area (Å²) in [7, 11) is 0. The molecule has 0 unspecified atom stereocenters. The summed E-state index contributed by atoms with van der Waals surface area (Å²) in [4.78, 5) is 2.21. The van der Waals surface area contributed by atoms with Crippen LogP contribution in [0.5, 0.6) is 0 Å². The second kappa shape index (κ2) is 6.78. The zero-order valence-electron chi connectivity index (χ0n) is 14.3. The first kappa shape index (κ1) is 16.0. The molecule has 4 nitrogen and oxygen atoms in total. The number of nitrogens with zero attached hydrogens (tertiary/aromatic N) is 2. The second-order valence-corrected chi connectivity index (χ2v) is 7.08. The highest BCUT2D eigenvalue weighted by Crippen LogP contribution is 2.29. The highest BCUT2D eigenvalue weighted by atomic mass is 16.3. The normalized spacial score (nSPS) is 18.0. The molecule has 2 N–H and O–H groups in total. The molecule has 4 heteroatoms. The minimum absolute atomic E-state index is 0.202. The molecule has 1 aliphatic heterocycles. The van der Waals surface area contributed by atoms with Gasteiger partial charge in [0.15, 0.2) is 0 Å². The summed E-state index contributed by atoms with van der Waals surface area (Å²) >= 11 is 0. The van der Waals surface area contributed by atoms with Crippen LogP contribution in [0.1, 0.15) is 29.5 Å². The van der Waals surface area contributed by atoms with Gasteiger partial charge in [0.05, 0.1) is 17.4 Å². The predicted octanol–water partition coefficient (Wildman–Crippen LogP) is 3.10. The van der Waals surface area contributed by atoms with Gasteiger partial charge in [-0.1, -0.05) is 24.3 Å². The smallest absolute Gasteiger partial charge is 0.101 e. The van der Waals surface area contributed by atoms with Crippen LogP contribution in [0.15, 0.2) is 42.5 Å². The fraction of sp³-hybridized carbons (Fsp3) is 0.381. The second-order valence-electron chi connectivity index (χ2n) is 7.08. The number of fused-ring (bicyclic) bond motifs is 1. The molecular formula is C21H23N3O. The van der Waals surface area contributed by atoms with Gasteiger partial charge in [0, 0.05) is 24.8 Å². The van der Waals surface area contributed by atoms with Crippen LogP contribution in [0.3, 0.4) is 0 Å². The van der Waals surface area contributed by atoms with Crippen LogP contribution in [0.4, 0.5) is 11.4 Å². The van der Waals surface area contributed by atoms with Crippen molar-refractivity contribution in [2.24, 2.45) is 0 Å². The molecule has 4 rings (SSSR count). The zero-order chi connectivity index (χ0) is 17.2. The summed E-state index contributed by atoms with van der Waals surface area (Å²) in [5, 5.41) is 22.8. The van der Waals surface area contributed by atoms with Gasteiger partial charge < -0.3 is 15.3 Å². The average Bonchev–Trinajstić information content (AvgIpc) is 3.04. The standard InChI is InChI=1S/C21H23N3O/c22-14-17-13-18(5-6-21(17)24-9-7-20(25)8-10-24)23-19-11-15-3-1-2-4-16(15)12-19/h1-6,13,19-20,23,25H,7-12H2. The molecular weight excluding hydrogens is 310 g/mol. The van der Waals surface area contributed by atoms with Gasteiger partial charge in [-0.15, -0.1) is 0 Å². The molecule has 0 spiro atoms. The van der Waals surface area contributed by atoms with Gasteiger partial charge in [-0.3, -0.25) is 0 Å². The molecule has 1 fully saturated rings. The third kappa shape index (κ3) is 3.33. The number of benzene rings is 2. The number of hydrogen-bond donors (Lipinski definition) is 2. The summed E-state index contributed by atoms with van der Waals surface area (Å²) in [6.45, 7) is 1.61. The van der Waals surface area contributed by atoms with Crippen molar-refractivity contribution in [1.82, 2.24) is 0 Å². The van der Waals surface area contributed by atoms with Crippen LogP contribution in [0, 0.1) is 11.3 Å². The number of nitrogens with one attached hydrogen (secondary N) is 1. The molecule has 0 atom stereocenters. The lowest BCUT2D eigenvalue weighted by Gasteiger charge is -2.32. The number of rotatable bonds is 3. The van der Waals surface area contributed by atoms with E-state index in [4.69, 9.17) is 0 Å². The fourth-order valence-electron chi connectivity index (χ4n) is 3.99. The van der Waals surface area contributed by atoms with E-state index >= 15 is 0 Å². The van der Waals surface area contributed by atoms with Gasteiger partial charge in [0.25, 0.3) is 0 Å². The molecule has 1 saturated heterocycles. The van der Waals surface area contributed by atoms with Crippen LogP contribution >= 0.6 is 0 Å². The van der Waals surface area contributed by atoms with Gasteiger partial charge in [0.2, 0.25) is 0 Å². The highest BCUT2D eigenvalue weighted by molar-refractivity contribution is 5.66. The topological polar surface area (TPSA) is 59.3 Å². The first-order valence-electron chi connectivity index (χ1n) is 9.03. The van der Waals surface area contributed by atoms with Crippen molar-refractivity contribution in [2.45, 2.75) is 37.8 Å².